The van der Waals surface area contributed by atoms with Gasteiger partial charge in [0.25, 0.3) is 5.91 Å². The lowest BCUT2D eigenvalue weighted by atomic mass is 10.00. The summed E-state index contributed by atoms with van der Waals surface area (Å²) in [4.78, 5) is 21.3. The van der Waals surface area contributed by atoms with Crippen molar-refractivity contribution < 1.29 is 19.0 Å². The first-order valence-corrected chi connectivity index (χ1v) is 10.2. The SMILES string of the molecule is COc1cc(OC)nc(OC2CCC[C@@H](C)N2C(=O)c2ccccc2-n2nccn2)c1. The number of ether oxygens (including phenoxy) is 3. The van der Waals surface area contributed by atoms with Crippen LogP contribution < -0.4 is 14.2 Å². The summed E-state index contributed by atoms with van der Waals surface area (Å²) in [6.07, 6.45) is 5.22. The van der Waals surface area contributed by atoms with Gasteiger partial charge in [0.15, 0.2) is 6.23 Å². The molecule has 0 radical (unpaired) electrons. The Labute approximate surface area is 180 Å². The zero-order valence-corrected chi connectivity index (χ0v) is 17.8. The molecule has 9 nitrogen and oxygen atoms in total. The number of nitrogens with zero attached hydrogens (tertiary/aromatic N) is 5. The summed E-state index contributed by atoms with van der Waals surface area (Å²) >= 11 is 0. The van der Waals surface area contributed by atoms with Crippen LogP contribution in [-0.2, 0) is 0 Å². The van der Waals surface area contributed by atoms with Gasteiger partial charge in [0.2, 0.25) is 11.8 Å². The second-order valence-corrected chi connectivity index (χ2v) is 7.29. The van der Waals surface area contributed by atoms with Gasteiger partial charge in [-0.1, -0.05) is 12.1 Å². The summed E-state index contributed by atoms with van der Waals surface area (Å²) in [5, 5.41) is 8.37. The van der Waals surface area contributed by atoms with Gasteiger partial charge in [-0.2, -0.15) is 20.0 Å². The van der Waals surface area contributed by atoms with Gasteiger partial charge in [-0.3, -0.25) is 4.79 Å². The van der Waals surface area contributed by atoms with E-state index in [2.05, 4.69) is 15.2 Å². The minimum absolute atomic E-state index is 0.00242. The third kappa shape index (κ3) is 4.30. The molecule has 3 heterocycles. The van der Waals surface area contributed by atoms with Crippen molar-refractivity contribution in [2.45, 2.75) is 38.5 Å². The van der Waals surface area contributed by atoms with Crippen molar-refractivity contribution in [3.8, 4) is 23.2 Å². The van der Waals surface area contributed by atoms with Gasteiger partial charge in [0, 0.05) is 24.6 Å². The van der Waals surface area contributed by atoms with Crippen molar-refractivity contribution in [1.82, 2.24) is 24.9 Å². The Balaban J connectivity index is 1.66. The maximum absolute atomic E-state index is 13.7. The van der Waals surface area contributed by atoms with Crippen LogP contribution in [0.25, 0.3) is 5.69 Å². The summed E-state index contributed by atoms with van der Waals surface area (Å²) in [7, 11) is 3.10. The molecule has 9 heteroatoms. The number of hydrogen-bond acceptors (Lipinski definition) is 7. The monoisotopic (exact) mass is 423 g/mol. The molecule has 162 valence electrons. The Morgan fingerprint density at radius 2 is 1.77 bits per heavy atom. The molecule has 31 heavy (non-hydrogen) atoms. The quantitative estimate of drug-likeness (QED) is 0.602. The molecule has 1 aromatic carbocycles. The third-order valence-corrected chi connectivity index (χ3v) is 5.31. The molecule has 1 saturated heterocycles. The van der Waals surface area contributed by atoms with Crippen LogP contribution in [0.2, 0.25) is 0 Å². The number of carbonyl (C=O) groups excluding carboxylic acids is 1. The fourth-order valence-electron chi connectivity index (χ4n) is 3.79. The van der Waals surface area contributed by atoms with Crippen molar-refractivity contribution in [3.63, 3.8) is 0 Å². The topological polar surface area (TPSA) is 91.6 Å². The van der Waals surface area contributed by atoms with Crippen LogP contribution in [0.5, 0.6) is 17.5 Å². The van der Waals surface area contributed by atoms with Gasteiger partial charge in [-0.25, -0.2) is 0 Å². The van der Waals surface area contributed by atoms with E-state index in [0.717, 1.165) is 12.8 Å². The maximum Gasteiger partial charge on any atom is 0.259 e. The van der Waals surface area contributed by atoms with Crippen molar-refractivity contribution in [2.75, 3.05) is 14.2 Å². The third-order valence-electron chi connectivity index (χ3n) is 5.31. The molecule has 0 aliphatic carbocycles. The van der Waals surface area contributed by atoms with Gasteiger partial charge in [-0.05, 0) is 31.9 Å². The van der Waals surface area contributed by atoms with Crippen LogP contribution in [0.3, 0.4) is 0 Å². The Bertz CT molecular complexity index is 1020. The average Bonchev–Trinajstić information content (AvgIpc) is 3.33. The van der Waals surface area contributed by atoms with Crippen molar-refractivity contribution >= 4 is 5.91 Å². The van der Waals surface area contributed by atoms with Gasteiger partial charge < -0.3 is 19.1 Å². The van der Waals surface area contributed by atoms with Crippen molar-refractivity contribution in [1.29, 1.82) is 0 Å². The molecule has 0 N–H and O–H groups in total. The number of hydrogen-bond donors (Lipinski definition) is 0. The van der Waals surface area contributed by atoms with Crippen LogP contribution >= 0.6 is 0 Å². The largest absolute Gasteiger partial charge is 0.496 e. The molecule has 1 unspecified atom stereocenters. The standard InChI is InChI=1S/C22H25N5O4/c1-15-7-6-10-21(31-20-14-16(29-2)13-19(25-20)30-3)26(15)22(28)17-8-4-5-9-18(17)27-23-11-12-24-27/h4-5,8-9,11-15,21H,6-7,10H2,1-3H3/t15-,21?/m1/s1. The first-order chi connectivity index (χ1) is 15.1. The van der Waals surface area contributed by atoms with E-state index in [4.69, 9.17) is 14.2 Å². The normalized spacial score (nSPS) is 18.5. The van der Waals surface area contributed by atoms with Crippen molar-refractivity contribution in [2.24, 2.45) is 0 Å². The van der Waals surface area contributed by atoms with Crippen LogP contribution in [0, 0.1) is 0 Å². The molecule has 1 amide bonds. The molecule has 1 aliphatic heterocycles. The maximum atomic E-state index is 13.7. The molecule has 0 spiro atoms. The van der Waals surface area contributed by atoms with E-state index in [9.17, 15) is 4.79 Å². The molecule has 0 saturated carbocycles. The zero-order valence-electron chi connectivity index (χ0n) is 17.8. The number of rotatable bonds is 6. The number of carbonyl (C=O) groups is 1. The fourth-order valence-corrected chi connectivity index (χ4v) is 3.79. The zero-order chi connectivity index (χ0) is 21.8. The van der Waals surface area contributed by atoms with E-state index in [-0.39, 0.29) is 11.9 Å². The number of aromatic nitrogens is 4. The van der Waals surface area contributed by atoms with Crippen LogP contribution in [-0.4, -0.2) is 57.3 Å². The number of likely N-dealkylation sites (tertiary alicyclic amines) is 1. The first kappa shape index (κ1) is 20.6. The predicted molar refractivity (Wildman–Crippen MR) is 113 cm³/mol. The predicted octanol–water partition coefficient (Wildman–Crippen LogP) is 3.10. The highest BCUT2D eigenvalue weighted by Gasteiger charge is 2.35. The van der Waals surface area contributed by atoms with E-state index < -0.39 is 6.23 Å². The Hall–Kier alpha value is -3.62. The second kappa shape index (κ2) is 9.03. The Kier molecular flexibility index (Phi) is 6.01. The number of para-hydroxylation sites is 1. The lowest BCUT2D eigenvalue weighted by Crippen LogP contribution is -2.51. The number of methoxy groups -OCH3 is 2. The van der Waals surface area contributed by atoms with E-state index in [1.807, 2.05) is 25.1 Å². The van der Waals surface area contributed by atoms with Crippen LogP contribution in [0.1, 0.15) is 36.5 Å². The average molecular weight is 423 g/mol. The molecule has 3 aromatic rings. The summed E-state index contributed by atoms with van der Waals surface area (Å²) in [6, 6.07) is 10.7. The first-order valence-electron chi connectivity index (χ1n) is 10.2. The molecule has 1 fully saturated rings. The molecular formula is C22H25N5O4. The summed E-state index contributed by atoms with van der Waals surface area (Å²) < 4.78 is 16.7. The Morgan fingerprint density at radius 1 is 1.03 bits per heavy atom. The molecular weight excluding hydrogens is 398 g/mol. The lowest BCUT2D eigenvalue weighted by Gasteiger charge is -2.40. The second-order valence-electron chi connectivity index (χ2n) is 7.29. The molecule has 1 aliphatic rings. The van der Waals surface area contributed by atoms with Crippen LogP contribution in [0.15, 0.2) is 48.8 Å². The van der Waals surface area contributed by atoms with Gasteiger partial charge >= 0.3 is 0 Å². The number of pyridine rings is 1. The molecule has 2 aromatic heterocycles. The number of amides is 1. The minimum Gasteiger partial charge on any atom is -0.496 e. The Morgan fingerprint density at radius 3 is 2.52 bits per heavy atom. The lowest BCUT2D eigenvalue weighted by molar-refractivity contribution is -0.0211. The van der Waals surface area contributed by atoms with Gasteiger partial charge in [0.05, 0.1) is 37.9 Å². The van der Waals surface area contributed by atoms with Crippen LogP contribution in [0.4, 0.5) is 0 Å². The molecule has 2 atom stereocenters. The molecule has 4 rings (SSSR count). The van der Waals surface area contributed by atoms with Gasteiger partial charge in [-0.15, -0.1) is 0 Å². The highest BCUT2D eigenvalue weighted by molar-refractivity contribution is 5.98. The summed E-state index contributed by atoms with van der Waals surface area (Å²) in [6.45, 7) is 2.03. The van der Waals surface area contributed by atoms with Gasteiger partial charge in [0.1, 0.15) is 5.75 Å². The molecule has 0 bridgehead atoms. The summed E-state index contributed by atoms with van der Waals surface area (Å²) in [5.74, 6) is 1.15. The number of benzene rings is 1. The minimum atomic E-state index is -0.473. The van der Waals surface area contributed by atoms with E-state index >= 15 is 0 Å². The summed E-state index contributed by atoms with van der Waals surface area (Å²) in [5.41, 5.74) is 1.13. The van der Waals surface area contributed by atoms with E-state index in [0.29, 0.717) is 35.2 Å². The highest BCUT2D eigenvalue weighted by Crippen LogP contribution is 2.30. The fraction of sp³-hybridized carbons (Fsp3) is 0.364. The van der Waals surface area contributed by atoms with E-state index in [1.165, 1.54) is 11.9 Å². The number of piperidine rings is 1. The van der Waals surface area contributed by atoms with E-state index in [1.54, 1.807) is 42.6 Å². The van der Waals surface area contributed by atoms with Crippen molar-refractivity contribution in [3.05, 3.63) is 54.4 Å². The highest BCUT2D eigenvalue weighted by atomic mass is 16.5. The smallest absolute Gasteiger partial charge is 0.259 e.